The number of benzene rings is 1. The van der Waals surface area contributed by atoms with Crippen LogP contribution < -0.4 is 5.32 Å². The molecule has 1 saturated carbocycles. The molecule has 5 heteroatoms. The first-order valence-electron chi connectivity index (χ1n) is 6.73. The summed E-state index contributed by atoms with van der Waals surface area (Å²) in [5, 5.41) is 14.5. The third-order valence-corrected chi connectivity index (χ3v) is 4.63. The predicted molar refractivity (Wildman–Crippen MR) is 83.6 cm³/mol. The van der Waals surface area contributed by atoms with E-state index >= 15 is 0 Å². The second-order valence-electron chi connectivity index (χ2n) is 5.45. The molecule has 3 rings (SSSR count). The first-order valence-corrected chi connectivity index (χ1v) is 7.49. The molecule has 0 radical (unpaired) electrons. The zero-order chi connectivity index (χ0) is 14.2. The fourth-order valence-electron chi connectivity index (χ4n) is 2.45. The molecule has 1 fully saturated rings. The van der Waals surface area contributed by atoms with Crippen molar-refractivity contribution in [2.45, 2.75) is 19.3 Å². The van der Waals surface area contributed by atoms with Crippen molar-refractivity contribution in [3.8, 4) is 0 Å². The monoisotopic (exact) mass is 310 g/mol. The van der Waals surface area contributed by atoms with Crippen LogP contribution in [0.25, 0.3) is 10.9 Å². The molecule has 106 valence electrons. The van der Waals surface area contributed by atoms with E-state index in [1.165, 1.54) is 12.8 Å². The number of rotatable bonds is 5. The van der Waals surface area contributed by atoms with Crippen LogP contribution >= 0.6 is 23.2 Å². The molecule has 2 N–H and O–H groups in total. The van der Waals surface area contributed by atoms with E-state index in [1.54, 1.807) is 12.1 Å². The van der Waals surface area contributed by atoms with E-state index < -0.39 is 0 Å². The van der Waals surface area contributed by atoms with E-state index in [4.69, 9.17) is 28.3 Å². The molecule has 0 saturated heterocycles. The SMILES string of the molecule is OCCC1(CNc2ccc3c(Cl)ccc(Cl)c3n2)CC1. The lowest BCUT2D eigenvalue weighted by atomic mass is 10.0. The minimum absolute atomic E-state index is 0.244. The Morgan fingerprint density at radius 2 is 1.90 bits per heavy atom. The van der Waals surface area contributed by atoms with Gasteiger partial charge in [-0.05, 0) is 48.9 Å². The number of halogens is 2. The number of aliphatic hydroxyl groups is 1. The fraction of sp³-hybridized carbons (Fsp3) is 0.400. The molecule has 3 nitrogen and oxygen atoms in total. The topological polar surface area (TPSA) is 45.1 Å². The van der Waals surface area contributed by atoms with Gasteiger partial charge in [0, 0.05) is 18.5 Å². The van der Waals surface area contributed by atoms with Gasteiger partial charge >= 0.3 is 0 Å². The average Bonchev–Trinajstić information content (AvgIpc) is 3.21. The van der Waals surface area contributed by atoms with Crippen LogP contribution in [0.15, 0.2) is 24.3 Å². The van der Waals surface area contributed by atoms with Gasteiger partial charge in [0.05, 0.1) is 15.6 Å². The number of pyridine rings is 1. The number of anilines is 1. The van der Waals surface area contributed by atoms with Gasteiger partial charge < -0.3 is 10.4 Å². The van der Waals surface area contributed by atoms with Crippen molar-refractivity contribution in [1.82, 2.24) is 4.98 Å². The zero-order valence-corrected chi connectivity index (χ0v) is 12.5. The molecule has 0 spiro atoms. The largest absolute Gasteiger partial charge is 0.396 e. The summed E-state index contributed by atoms with van der Waals surface area (Å²) >= 11 is 12.3. The van der Waals surface area contributed by atoms with Gasteiger partial charge in [0.2, 0.25) is 0 Å². The standard InChI is InChI=1S/C15H16Cl2N2O/c16-11-2-3-12(17)14-10(11)1-4-13(19-14)18-9-15(5-6-15)7-8-20/h1-4,20H,5-9H2,(H,18,19). The number of hydrogen-bond donors (Lipinski definition) is 2. The molecule has 0 atom stereocenters. The fourth-order valence-corrected chi connectivity index (χ4v) is 2.88. The Bertz CT molecular complexity index is 641. The number of hydrogen-bond acceptors (Lipinski definition) is 3. The molecule has 1 aliphatic carbocycles. The molecule has 0 bridgehead atoms. The van der Waals surface area contributed by atoms with Crippen molar-refractivity contribution in [3.05, 3.63) is 34.3 Å². The molecule has 0 aliphatic heterocycles. The number of aromatic nitrogens is 1. The van der Waals surface area contributed by atoms with E-state index in [2.05, 4.69) is 10.3 Å². The molecule has 1 aliphatic rings. The number of fused-ring (bicyclic) bond motifs is 1. The Morgan fingerprint density at radius 1 is 1.15 bits per heavy atom. The van der Waals surface area contributed by atoms with Gasteiger partial charge in [-0.25, -0.2) is 4.98 Å². The number of aliphatic hydroxyl groups excluding tert-OH is 1. The number of nitrogens with one attached hydrogen (secondary N) is 1. The van der Waals surface area contributed by atoms with Gasteiger partial charge in [-0.3, -0.25) is 0 Å². The molecule has 0 amide bonds. The normalized spacial score (nSPS) is 16.4. The van der Waals surface area contributed by atoms with E-state index in [1.807, 2.05) is 12.1 Å². The van der Waals surface area contributed by atoms with E-state index in [0.717, 1.165) is 29.7 Å². The van der Waals surface area contributed by atoms with Gasteiger partial charge in [-0.15, -0.1) is 0 Å². The van der Waals surface area contributed by atoms with Crippen LogP contribution in [0.1, 0.15) is 19.3 Å². The van der Waals surface area contributed by atoms with E-state index in [0.29, 0.717) is 10.0 Å². The molecular weight excluding hydrogens is 295 g/mol. The molecule has 1 aromatic carbocycles. The van der Waals surface area contributed by atoms with Crippen LogP contribution in [0, 0.1) is 5.41 Å². The summed E-state index contributed by atoms with van der Waals surface area (Å²) in [6.07, 6.45) is 3.18. The van der Waals surface area contributed by atoms with Gasteiger partial charge in [0.15, 0.2) is 0 Å². The molecular formula is C15H16Cl2N2O. The highest BCUT2D eigenvalue weighted by molar-refractivity contribution is 6.39. The van der Waals surface area contributed by atoms with Crippen LogP contribution in [-0.2, 0) is 0 Å². The number of nitrogens with zero attached hydrogens (tertiary/aromatic N) is 1. The molecule has 0 unspecified atom stereocenters. The Labute approximate surface area is 127 Å². The van der Waals surface area contributed by atoms with Crippen LogP contribution in [-0.4, -0.2) is 23.2 Å². The van der Waals surface area contributed by atoms with Crippen LogP contribution in [0.3, 0.4) is 0 Å². The third kappa shape index (κ3) is 2.71. The van der Waals surface area contributed by atoms with Gasteiger partial charge in [-0.2, -0.15) is 0 Å². The Balaban J connectivity index is 1.81. The molecule has 1 heterocycles. The maximum atomic E-state index is 9.07. The Hall–Kier alpha value is -1.03. The summed E-state index contributed by atoms with van der Waals surface area (Å²) in [6.45, 7) is 1.08. The van der Waals surface area contributed by atoms with Crippen molar-refractivity contribution >= 4 is 39.9 Å². The highest BCUT2D eigenvalue weighted by Gasteiger charge is 2.41. The molecule has 2 aromatic rings. The molecule has 20 heavy (non-hydrogen) atoms. The summed E-state index contributed by atoms with van der Waals surface area (Å²) in [6, 6.07) is 7.39. The highest BCUT2D eigenvalue weighted by Crippen LogP contribution is 2.48. The van der Waals surface area contributed by atoms with Crippen LogP contribution in [0.5, 0.6) is 0 Å². The van der Waals surface area contributed by atoms with Crippen molar-refractivity contribution in [2.75, 3.05) is 18.5 Å². The maximum Gasteiger partial charge on any atom is 0.126 e. The lowest BCUT2D eigenvalue weighted by Crippen LogP contribution is -2.17. The second kappa shape index (κ2) is 5.40. The van der Waals surface area contributed by atoms with Crippen LogP contribution in [0.2, 0.25) is 10.0 Å². The van der Waals surface area contributed by atoms with E-state index in [9.17, 15) is 0 Å². The molecule has 1 aromatic heterocycles. The Kier molecular flexibility index (Phi) is 3.76. The summed E-state index contributed by atoms with van der Waals surface area (Å²) in [4.78, 5) is 4.54. The first-order chi connectivity index (χ1) is 9.63. The third-order valence-electron chi connectivity index (χ3n) is 4.00. The summed E-state index contributed by atoms with van der Waals surface area (Å²) < 4.78 is 0. The minimum atomic E-state index is 0.244. The van der Waals surface area contributed by atoms with Gasteiger partial charge in [-0.1, -0.05) is 23.2 Å². The summed E-state index contributed by atoms with van der Waals surface area (Å²) in [5.41, 5.74) is 0.972. The minimum Gasteiger partial charge on any atom is -0.396 e. The first kappa shape index (κ1) is 13.9. The lowest BCUT2D eigenvalue weighted by molar-refractivity contribution is 0.253. The second-order valence-corrected chi connectivity index (χ2v) is 6.26. The van der Waals surface area contributed by atoms with E-state index in [-0.39, 0.29) is 12.0 Å². The van der Waals surface area contributed by atoms with Crippen LogP contribution in [0.4, 0.5) is 5.82 Å². The summed E-state index contributed by atoms with van der Waals surface area (Å²) in [5.74, 6) is 0.797. The van der Waals surface area contributed by atoms with Crippen molar-refractivity contribution < 1.29 is 5.11 Å². The van der Waals surface area contributed by atoms with Crippen molar-refractivity contribution in [1.29, 1.82) is 0 Å². The summed E-state index contributed by atoms with van der Waals surface area (Å²) in [7, 11) is 0. The van der Waals surface area contributed by atoms with Gasteiger partial charge in [0.1, 0.15) is 5.82 Å². The zero-order valence-electron chi connectivity index (χ0n) is 11.0. The van der Waals surface area contributed by atoms with Crippen molar-refractivity contribution in [3.63, 3.8) is 0 Å². The predicted octanol–water partition coefficient (Wildman–Crippen LogP) is 4.12. The quantitative estimate of drug-likeness (QED) is 0.873. The highest BCUT2D eigenvalue weighted by atomic mass is 35.5. The maximum absolute atomic E-state index is 9.07. The van der Waals surface area contributed by atoms with Gasteiger partial charge in [0.25, 0.3) is 0 Å². The lowest BCUT2D eigenvalue weighted by Gasteiger charge is -2.15. The Morgan fingerprint density at radius 3 is 2.60 bits per heavy atom. The van der Waals surface area contributed by atoms with Crippen molar-refractivity contribution in [2.24, 2.45) is 5.41 Å². The average molecular weight is 311 g/mol. The smallest absolute Gasteiger partial charge is 0.126 e.